The summed E-state index contributed by atoms with van der Waals surface area (Å²) in [5, 5.41) is 11.9. The molecule has 0 aromatic heterocycles. The Balaban J connectivity index is 1.72. The van der Waals surface area contributed by atoms with E-state index in [2.05, 4.69) is 12.2 Å². The van der Waals surface area contributed by atoms with Gasteiger partial charge in [-0.25, -0.2) is 0 Å². The third kappa shape index (κ3) is 5.76. The normalized spacial score (nSPS) is 10.5. The molecule has 22 heavy (non-hydrogen) atoms. The van der Waals surface area contributed by atoms with E-state index in [1.165, 1.54) is 5.56 Å². The second-order valence-electron chi connectivity index (χ2n) is 5.06. The van der Waals surface area contributed by atoms with Gasteiger partial charge in [0.15, 0.2) is 0 Å². The highest BCUT2D eigenvalue weighted by Gasteiger charge is 1.98. The Kier molecular flexibility index (Phi) is 6.74. The van der Waals surface area contributed by atoms with Crippen LogP contribution in [0.2, 0.25) is 0 Å². The summed E-state index contributed by atoms with van der Waals surface area (Å²) >= 11 is 0. The standard InChI is InChI=1S/C18H23NO3/c1-15-5-7-17(8-6-15)21-11-12-22-18-4-2-3-16(13-18)14-19-9-10-20/h2-8,13,19-20H,9-12,14H2,1H3. The molecule has 0 unspecified atom stereocenters. The molecule has 2 aromatic rings. The molecule has 0 amide bonds. The fourth-order valence-electron chi connectivity index (χ4n) is 2.01. The first-order valence-corrected chi connectivity index (χ1v) is 7.51. The molecule has 4 nitrogen and oxygen atoms in total. The van der Waals surface area contributed by atoms with Gasteiger partial charge in [-0.15, -0.1) is 0 Å². The van der Waals surface area contributed by atoms with Crippen LogP contribution < -0.4 is 14.8 Å². The van der Waals surface area contributed by atoms with Gasteiger partial charge in [-0.3, -0.25) is 0 Å². The third-order valence-corrected chi connectivity index (χ3v) is 3.16. The average Bonchev–Trinajstić information content (AvgIpc) is 2.54. The Bertz CT molecular complexity index is 555. The highest BCUT2D eigenvalue weighted by Crippen LogP contribution is 2.14. The quantitative estimate of drug-likeness (QED) is 0.699. The van der Waals surface area contributed by atoms with Gasteiger partial charge in [0.1, 0.15) is 24.7 Å². The summed E-state index contributed by atoms with van der Waals surface area (Å²) < 4.78 is 11.3. The number of hydrogen-bond donors (Lipinski definition) is 2. The number of rotatable bonds is 9. The van der Waals surface area contributed by atoms with Crippen LogP contribution in [-0.2, 0) is 6.54 Å². The molecule has 0 fully saturated rings. The molecule has 118 valence electrons. The second kappa shape index (κ2) is 9.07. The molecule has 2 aromatic carbocycles. The van der Waals surface area contributed by atoms with Gasteiger partial charge in [0.05, 0.1) is 6.61 Å². The van der Waals surface area contributed by atoms with E-state index in [1.54, 1.807) is 0 Å². The highest BCUT2D eigenvalue weighted by atomic mass is 16.5. The number of ether oxygens (including phenoxy) is 2. The maximum atomic E-state index is 8.75. The largest absolute Gasteiger partial charge is 0.490 e. The second-order valence-corrected chi connectivity index (χ2v) is 5.06. The summed E-state index contributed by atoms with van der Waals surface area (Å²) in [5.41, 5.74) is 2.35. The Labute approximate surface area is 131 Å². The van der Waals surface area contributed by atoms with E-state index in [0.29, 0.717) is 19.8 Å². The van der Waals surface area contributed by atoms with E-state index in [9.17, 15) is 0 Å². The molecule has 2 rings (SSSR count). The van der Waals surface area contributed by atoms with Crippen molar-refractivity contribution >= 4 is 0 Å². The SMILES string of the molecule is Cc1ccc(OCCOc2cccc(CNCCO)c2)cc1. The van der Waals surface area contributed by atoms with E-state index in [4.69, 9.17) is 14.6 Å². The number of aryl methyl sites for hydroxylation is 1. The van der Waals surface area contributed by atoms with Crippen molar-refractivity contribution in [1.29, 1.82) is 0 Å². The van der Waals surface area contributed by atoms with E-state index >= 15 is 0 Å². The number of benzene rings is 2. The van der Waals surface area contributed by atoms with Crippen LogP contribution in [0.3, 0.4) is 0 Å². The van der Waals surface area contributed by atoms with Crippen LogP contribution in [0.15, 0.2) is 48.5 Å². The highest BCUT2D eigenvalue weighted by molar-refractivity contribution is 5.28. The molecule has 0 radical (unpaired) electrons. The summed E-state index contributed by atoms with van der Waals surface area (Å²) in [6.45, 7) is 4.52. The van der Waals surface area contributed by atoms with Gasteiger partial charge >= 0.3 is 0 Å². The first kappa shape index (κ1) is 16.3. The van der Waals surface area contributed by atoms with Crippen LogP contribution in [0.1, 0.15) is 11.1 Å². The molecular weight excluding hydrogens is 278 g/mol. The minimum absolute atomic E-state index is 0.145. The van der Waals surface area contributed by atoms with Crippen LogP contribution in [0.5, 0.6) is 11.5 Å². The van der Waals surface area contributed by atoms with Gasteiger partial charge in [0, 0.05) is 13.1 Å². The Morgan fingerprint density at radius 1 is 0.955 bits per heavy atom. The van der Waals surface area contributed by atoms with E-state index < -0.39 is 0 Å². The third-order valence-electron chi connectivity index (χ3n) is 3.16. The van der Waals surface area contributed by atoms with Crippen molar-refractivity contribution in [3.05, 3.63) is 59.7 Å². The van der Waals surface area contributed by atoms with Crippen LogP contribution in [0, 0.1) is 6.92 Å². The molecule has 0 saturated carbocycles. The summed E-state index contributed by atoms with van der Waals surface area (Å²) in [5.74, 6) is 1.69. The minimum Gasteiger partial charge on any atom is -0.490 e. The lowest BCUT2D eigenvalue weighted by molar-refractivity contribution is 0.217. The molecule has 0 heterocycles. The van der Waals surface area contributed by atoms with Gasteiger partial charge in [0.2, 0.25) is 0 Å². The summed E-state index contributed by atoms with van der Waals surface area (Å²) in [4.78, 5) is 0. The molecule has 0 aliphatic carbocycles. The average molecular weight is 301 g/mol. The van der Waals surface area contributed by atoms with Crippen molar-refractivity contribution < 1.29 is 14.6 Å². The molecule has 2 N–H and O–H groups in total. The van der Waals surface area contributed by atoms with E-state index in [0.717, 1.165) is 23.6 Å². The zero-order chi connectivity index (χ0) is 15.6. The van der Waals surface area contributed by atoms with Gasteiger partial charge in [-0.1, -0.05) is 29.8 Å². The zero-order valence-corrected chi connectivity index (χ0v) is 12.9. The number of aliphatic hydroxyl groups excluding tert-OH is 1. The van der Waals surface area contributed by atoms with Crippen molar-refractivity contribution in [3.63, 3.8) is 0 Å². The van der Waals surface area contributed by atoms with Gasteiger partial charge in [-0.2, -0.15) is 0 Å². The van der Waals surface area contributed by atoms with Crippen molar-refractivity contribution in [2.75, 3.05) is 26.4 Å². The van der Waals surface area contributed by atoms with Crippen LogP contribution in [0.25, 0.3) is 0 Å². The summed E-state index contributed by atoms with van der Waals surface area (Å²) in [7, 11) is 0. The van der Waals surface area contributed by atoms with E-state index in [-0.39, 0.29) is 6.61 Å². The molecule has 4 heteroatoms. The van der Waals surface area contributed by atoms with Crippen molar-refractivity contribution in [2.24, 2.45) is 0 Å². The first-order valence-electron chi connectivity index (χ1n) is 7.51. The van der Waals surface area contributed by atoms with Crippen LogP contribution in [0.4, 0.5) is 0 Å². The maximum absolute atomic E-state index is 8.75. The zero-order valence-electron chi connectivity index (χ0n) is 12.9. The topological polar surface area (TPSA) is 50.7 Å². The van der Waals surface area contributed by atoms with Crippen molar-refractivity contribution in [3.8, 4) is 11.5 Å². The number of hydrogen-bond acceptors (Lipinski definition) is 4. The summed E-state index contributed by atoms with van der Waals surface area (Å²) in [6.07, 6.45) is 0. The monoisotopic (exact) mass is 301 g/mol. The fourth-order valence-corrected chi connectivity index (χ4v) is 2.01. The lowest BCUT2D eigenvalue weighted by Gasteiger charge is -2.10. The predicted octanol–water partition coefficient (Wildman–Crippen LogP) is 2.53. The molecule has 0 atom stereocenters. The summed E-state index contributed by atoms with van der Waals surface area (Å²) in [6, 6.07) is 15.9. The Morgan fingerprint density at radius 3 is 2.41 bits per heavy atom. The maximum Gasteiger partial charge on any atom is 0.122 e. The molecule has 0 aliphatic rings. The molecular formula is C18H23NO3. The molecule has 0 spiro atoms. The minimum atomic E-state index is 0.145. The molecule has 0 aliphatic heterocycles. The van der Waals surface area contributed by atoms with E-state index in [1.807, 2.05) is 48.5 Å². The van der Waals surface area contributed by atoms with Crippen LogP contribution in [-0.4, -0.2) is 31.5 Å². The van der Waals surface area contributed by atoms with Crippen molar-refractivity contribution in [1.82, 2.24) is 5.32 Å². The van der Waals surface area contributed by atoms with Gasteiger partial charge < -0.3 is 19.9 Å². The Hall–Kier alpha value is -2.04. The van der Waals surface area contributed by atoms with Crippen LogP contribution >= 0.6 is 0 Å². The smallest absolute Gasteiger partial charge is 0.122 e. The molecule has 0 bridgehead atoms. The lowest BCUT2D eigenvalue weighted by atomic mass is 10.2. The fraction of sp³-hybridized carbons (Fsp3) is 0.333. The number of aliphatic hydroxyl groups is 1. The first-order chi connectivity index (χ1) is 10.8. The predicted molar refractivity (Wildman–Crippen MR) is 87.4 cm³/mol. The number of nitrogens with one attached hydrogen (secondary N) is 1. The van der Waals surface area contributed by atoms with Gasteiger partial charge in [0.25, 0.3) is 0 Å². The lowest BCUT2D eigenvalue weighted by Crippen LogP contribution is -2.17. The molecule has 0 saturated heterocycles. The van der Waals surface area contributed by atoms with Gasteiger partial charge in [-0.05, 0) is 36.8 Å². The van der Waals surface area contributed by atoms with Crippen molar-refractivity contribution in [2.45, 2.75) is 13.5 Å². The Morgan fingerprint density at radius 2 is 1.68 bits per heavy atom.